The summed E-state index contributed by atoms with van der Waals surface area (Å²) < 4.78 is 19.2. The van der Waals surface area contributed by atoms with E-state index in [4.69, 9.17) is 11.2 Å². The summed E-state index contributed by atoms with van der Waals surface area (Å²) in [7, 11) is -0.254. The van der Waals surface area contributed by atoms with Crippen molar-refractivity contribution < 1.29 is 18.7 Å². The fourth-order valence-electron chi connectivity index (χ4n) is 6.68. The van der Waals surface area contributed by atoms with Gasteiger partial charge in [0.1, 0.15) is 17.3 Å². The van der Waals surface area contributed by atoms with Gasteiger partial charge in [-0.3, -0.25) is 9.78 Å². The average molecular weight is 612 g/mol. The van der Waals surface area contributed by atoms with Gasteiger partial charge in [0.2, 0.25) is 0 Å². The van der Waals surface area contributed by atoms with Crippen molar-refractivity contribution >= 4 is 42.3 Å². The molecule has 2 atom stereocenters. The number of fused-ring (bicyclic) bond motifs is 2. The number of pyridine rings is 1. The lowest BCUT2D eigenvalue weighted by Crippen LogP contribution is -2.54. The first kappa shape index (κ1) is 29.7. The Labute approximate surface area is 259 Å². The second-order valence-electron chi connectivity index (χ2n) is 12.8. The zero-order valence-electron chi connectivity index (χ0n) is 25.7. The number of ether oxygens (including phenoxy) is 1. The van der Waals surface area contributed by atoms with Crippen molar-refractivity contribution in [2.75, 3.05) is 41.9 Å². The standard InChI is InChI=1S/C34H38FN5O3Si/c1-6-25-19-26(39-14-11-22-18-27(43-2)8-9-28(22)37-34(39)42)13-16-38(25)31-20-29(36-21-32(31)44(3,4)5)33(41)40-15-12-23-17-24(35)7-10-30(23)40/h1,7-10,17-18,20-21,25-26H,11-16,19H2,2-5H3,(H,37,42). The van der Waals surface area contributed by atoms with Crippen LogP contribution in [0.3, 0.4) is 0 Å². The van der Waals surface area contributed by atoms with Crippen LogP contribution in [-0.2, 0) is 12.8 Å². The summed E-state index contributed by atoms with van der Waals surface area (Å²) in [5.41, 5.74) is 4.70. The fourth-order valence-corrected chi connectivity index (χ4v) is 8.11. The number of carbonyl (C=O) groups is 2. The molecular weight excluding hydrogens is 573 g/mol. The van der Waals surface area contributed by atoms with E-state index >= 15 is 0 Å². The minimum absolute atomic E-state index is 0.0247. The summed E-state index contributed by atoms with van der Waals surface area (Å²) in [6.07, 6.45) is 10.7. The summed E-state index contributed by atoms with van der Waals surface area (Å²) in [5.74, 6) is 3.26. The van der Waals surface area contributed by atoms with Gasteiger partial charge in [0.05, 0.1) is 21.2 Å². The lowest BCUT2D eigenvalue weighted by Gasteiger charge is -2.43. The number of anilines is 3. The number of terminal acetylenes is 1. The van der Waals surface area contributed by atoms with Gasteiger partial charge in [0, 0.05) is 48.9 Å². The number of nitrogens with one attached hydrogen (secondary N) is 1. The van der Waals surface area contributed by atoms with Gasteiger partial charge < -0.3 is 24.8 Å². The predicted molar refractivity (Wildman–Crippen MR) is 174 cm³/mol. The highest BCUT2D eigenvalue weighted by atomic mass is 28.3. The van der Waals surface area contributed by atoms with Gasteiger partial charge in [0.25, 0.3) is 5.91 Å². The molecule has 0 spiro atoms. The number of amides is 3. The zero-order valence-corrected chi connectivity index (χ0v) is 26.7. The van der Waals surface area contributed by atoms with Crippen LogP contribution in [0.2, 0.25) is 19.6 Å². The van der Waals surface area contributed by atoms with Crippen LogP contribution in [0.15, 0.2) is 48.7 Å². The lowest BCUT2D eigenvalue weighted by atomic mass is 9.95. The molecule has 4 heterocycles. The molecule has 3 aliphatic heterocycles. The predicted octanol–water partition coefficient (Wildman–Crippen LogP) is 5.04. The Morgan fingerprint density at radius 2 is 1.84 bits per heavy atom. The number of nitrogens with zero attached hydrogens (tertiary/aromatic N) is 4. The topological polar surface area (TPSA) is 78.0 Å². The summed E-state index contributed by atoms with van der Waals surface area (Å²) in [6, 6.07) is 11.8. The monoisotopic (exact) mass is 611 g/mol. The molecule has 0 aliphatic carbocycles. The van der Waals surface area contributed by atoms with E-state index in [0.29, 0.717) is 44.6 Å². The van der Waals surface area contributed by atoms with Crippen LogP contribution in [0.5, 0.6) is 5.75 Å². The molecular formula is C34H38FN5O3Si. The van der Waals surface area contributed by atoms with Crippen molar-refractivity contribution in [3.8, 4) is 18.1 Å². The summed E-state index contributed by atoms with van der Waals surface area (Å²) in [4.78, 5) is 37.6. The maximum atomic E-state index is 13.8. The number of urea groups is 1. The van der Waals surface area contributed by atoms with E-state index in [1.165, 1.54) is 12.1 Å². The second kappa shape index (κ2) is 11.6. The molecule has 2 unspecified atom stereocenters. The van der Waals surface area contributed by atoms with Crippen LogP contribution >= 0.6 is 0 Å². The summed E-state index contributed by atoms with van der Waals surface area (Å²) in [6.45, 7) is 8.48. The normalized spacial score (nSPS) is 19.9. The van der Waals surface area contributed by atoms with E-state index < -0.39 is 8.07 Å². The van der Waals surface area contributed by atoms with Gasteiger partial charge >= 0.3 is 6.03 Å². The molecule has 3 amide bonds. The third-order valence-corrected chi connectivity index (χ3v) is 11.0. The molecule has 10 heteroatoms. The van der Waals surface area contributed by atoms with E-state index in [1.54, 1.807) is 18.1 Å². The van der Waals surface area contributed by atoms with Gasteiger partial charge in [0.15, 0.2) is 0 Å². The van der Waals surface area contributed by atoms with Crippen LogP contribution < -0.4 is 25.0 Å². The number of halogens is 1. The van der Waals surface area contributed by atoms with E-state index in [-0.39, 0.29) is 29.8 Å². The highest BCUT2D eigenvalue weighted by Crippen LogP contribution is 2.33. The Morgan fingerprint density at radius 3 is 2.59 bits per heavy atom. The Bertz CT molecular complexity index is 1670. The van der Waals surface area contributed by atoms with Gasteiger partial charge in [-0.15, -0.1) is 6.42 Å². The number of hydrogen-bond donors (Lipinski definition) is 1. The molecule has 228 valence electrons. The number of rotatable bonds is 5. The zero-order chi connectivity index (χ0) is 31.2. The van der Waals surface area contributed by atoms with Gasteiger partial charge in [-0.1, -0.05) is 25.6 Å². The van der Waals surface area contributed by atoms with Crippen LogP contribution in [0.25, 0.3) is 0 Å². The second-order valence-corrected chi connectivity index (χ2v) is 17.8. The molecule has 0 saturated carbocycles. The number of methoxy groups -OCH3 is 1. The molecule has 44 heavy (non-hydrogen) atoms. The van der Waals surface area contributed by atoms with Crippen molar-refractivity contribution in [3.05, 3.63) is 71.3 Å². The maximum absolute atomic E-state index is 13.8. The minimum Gasteiger partial charge on any atom is -0.497 e. The number of piperidine rings is 1. The molecule has 0 bridgehead atoms. The highest BCUT2D eigenvalue weighted by Gasteiger charge is 2.37. The van der Waals surface area contributed by atoms with E-state index in [0.717, 1.165) is 45.5 Å². The Hall–Kier alpha value is -4.36. The van der Waals surface area contributed by atoms with E-state index in [2.05, 4.69) is 40.8 Å². The summed E-state index contributed by atoms with van der Waals surface area (Å²) >= 11 is 0. The third-order valence-electron chi connectivity index (χ3n) is 9.05. The van der Waals surface area contributed by atoms with Crippen LogP contribution in [0.4, 0.5) is 26.2 Å². The summed E-state index contributed by atoms with van der Waals surface area (Å²) in [5, 5.41) is 4.22. The first-order valence-electron chi connectivity index (χ1n) is 15.2. The fraction of sp³-hybridized carbons (Fsp3) is 0.382. The lowest BCUT2D eigenvalue weighted by molar-refractivity contribution is 0.0984. The van der Waals surface area contributed by atoms with Crippen LogP contribution in [0, 0.1) is 18.2 Å². The Morgan fingerprint density at radius 1 is 1.05 bits per heavy atom. The van der Waals surface area contributed by atoms with Crippen molar-refractivity contribution in [3.63, 3.8) is 0 Å². The van der Waals surface area contributed by atoms with Crippen molar-refractivity contribution in [1.29, 1.82) is 0 Å². The first-order chi connectivity index (χ1) is 21.1. The highest BCUT2D eigenvalue weighted by molar-refractivity contribution is 6.89. The third kappa shape index (κ3) is 5.52. The SMILES string of the molecule is C#CC1CC(N2CCc3cc(OC)ccc3NC2=O)CCN1c1cc(C(=O)N2CCc3cc(F)ccc32)ncc1[Si](C)(C)C. The molecule has 1 saturated heterocycles. The van der Waals surface area contributed by atoms with Crippen molar-refractivity contribution in [2.24, 2.45) is 0 Å². The smallest absolute Gasteiger partial charge is 0.322 e. The molecule has 1 fully saturated rings. The largest absolute Gasteiger partial charge is 0.497 e. The van der Waals surface area contributed by atoms with Crippen molar-refractivity contribution in [1.82, 2.24) is 9.88 Å². The molecule has 3 aliphatic rings. The Kier molecular flexibility index (Phi) is 7.84. The maximum Gasteiger partial charge on any atom is 0.322 e. The number of carbonyl (C=O) groups excluding carboxylic acids is 2. The van der Waals surface area contributed by atoms with E-state index in [9.17, 15) is 14.0 Å². The molecule has 1 N–H and O–H groups in total. The molecule has 1 aromatic heterocycles. The molecule has 6 rings (SSSR count). The minimum atomic E-state index is -1.89. The molecule has 3 aromatic rings. The first-order valence-corrected chi connectivity index (χ1v) is 18.7. The number of aromatic nitrogens is 1. The quantitative estimate of drug-likeness (QED) is 0.323. The van der Waals surface area contributed by atoms with Gasteiger partial charge in [-0.05, 0) is 84.5 Å². The Balaban J connectivity index is 1.26. The number of hydrogen-bond acceptors (Lipinski definition) is 5. The van der Waals surface area contributed by atoms with E-state index in [1.807, 2.05) is 35.4 Å². The molecule has 0 radical (unpaired) electrons. The molecule has 2 aromatic carbocycles. The van der Waals surface area contributed by atoms with Gasteiger partial charge in [-0.2, -0.15) is 0 Å². The number of benzene rings is 2. The van der Waals surface area contributed by atoms with Crippen molar-refractivity contribution in [2.45, 2.75) is 57.4 Å². The average Bonchev–Trinajstić information content (AvgIpc) is 3.35. The van der Waals surface area contributed by atoms with Crippen LogP contribution in [0.1, 0.15) is 34.5 Å². The molecule has 8 nitrogen and oxygen atoms in total. The van der Waals surface area contributed by atoms with Gasteiger partial charge in [-0.25, -0.2) is 9.18 Å². The van der Waals surface area contributed by atoms with Crippen LogP contribution in [-0.4, -0.2) is 68.7 Å².